The lowest BCUT2D eigenvalue weighted by Gasteiger charge is -2.22. The van der Waals surface area contributed by atoms with Crippen LogP contribution in [0.1, 0.15) is 16.8 Å². The second kappa shape index (κ2) is 7.00. The van der Waals surface area contributed by atoms with Crippen LogP contribution in [0.5, 0.6) is 0 Å². The van der Waals surface area contributed by atoms with E-state index >= 15 is 0 Å². The summed E-state index contributed by atoms with van der Waals surface area (Å²) in [7, 11) is 0. The molecule has 26 heavy (non-hydrogen) atoms. The molecule has 0 saturated carbocycles. The lowest BCUT2D eigenvalue weighted by molar-refractivity contribution is 0.0767. The minimum absolute atomic E-state index is 0.0485. The van der Waals surface area contributed by atoms with Gasteiger partial charge in [-0.15, -0.1) is 0 Å². The molecule has 0 spiro atoms. The van der Waals surface area contributed by atoms with Crippen molar-refractivity contribution in [1.29, 1.82) is 0 Å². The van der Waals surface area contributed by atoms with Gasteiger partial charge in [-0.1, -0.05) is 30.3 Å². The highest BCUT2D eigenvalue weighted by Crippen LogP contribution is 2.15. The summed E-state index contributed by atoms with van der Waals surface area (Å²) >= 11 is 0. The molecule has 3 aromatic rings. The van der Waals surface area contributed by atoms with Crippen LogP contribution in [-0.2, 0) is 0 Å². The summed E-state index contributed by atoms with van der Waals surface area (Å²) in [6.45, 7) is 2.69. The number of hydrogen-bond donors (Lipinski definition) is 1. The van der Waals surface area contributed by atoms with Crippen LogP contribution in [-0.4, -0.2) is 47.0 Å². The van der Waals surface area contributed by atoms with Gasteiger partial charge >= 0.3 is 0 Å². The maximum Gasteiger partial charge on any atom is 0.260 e. The van der Waals surface area contributed by atoms with Crippen molar-refractivity contribution in [3.05, 3.63) is 70.5 Å². The third-order valence-electron chi connectivity index (χ3n) is 4.70. The Bertz CT molecular complexity index is 984. The number of carbonyl (C=O) groups is 1. The van der Waals surface area contributed by atoms with E-state index in [2.05, 4.69) is 9.97 Å². The Labute approximate surface area is 151 Å². The summed E-state index contributed by atoms with van der Waals surface area (Å²) in [5.74, 6) is 0.620. The van der Waals surface area contributed by atoms with E-state index < -0.39 is 0 Å². The first-order chi connectivity index (χ1) is 12.7. The number of aromatic nitrogens is 2. The lowest BCUT2D eigenvalue weighted by atomic mass is 10.2. The van der Waals surface area contributed by atoms with Crippen molar-refractivity contribution in [2.75, 3.05) is 31.1 Å². The van der Waals surface area contributed by atoms with E-state index in [-0.39, 0.29) is 11.5 Å². The van der Waals surface area contributed by atoms with Crippen molar-refractivity contribution in [2.45, 2.75) is 6.42 Å². The molecule has 1 fully saturated rings. The molecular formula is C20H20N4O2. The van der Waals surface area contributed by atoms with Crippen LogP contribution < -0.4 is 10.5 Å². The number of nitrogens with one attached hydrogen (secondary N) is 1. The predicted octanol–water partition coefficient (Wildman–Crippen LogP) is 2.28. The van der Waals surface area contributed by atoms with E-state index in [1.54, 1.807) is 6.07 Å². The standard InChI is InChI=1S/C20H20N4O2/c25-18-16-9-4-5-10-17(16)21-20(22-18)24-12-6-11-23(13-14-24)19(26)15-7-2-1-3-8-15/h1-5,7-10H,6,11-14H2,(H,21,22,25). The number of para-hydroxylation sites is 1. The number of anilines is 1. The molecule has 2 heterocycles. The van der Waals surface area contributed by atoms with Gasteiger partial charge in [-0.3, -0.25) is 14.6 Å². The van der Waals surface area contributed by atoms with Crippen molar-refractivity contribution in [3.8, 4) is 0 Å². The van der Waals surface area contributed by atoms with Crippen molar-refractivity contribution >= 4 is 22.8 Å². The van der Waals surface area contributed by atoms with Gasteiger partial charge < -0.3 is 9.80 Å². The zero-order valence-electron chi connectivity index (χ0n) is 14.4. The normalized spacial score (nSPS) is 15.1. The van der Waals surface area contributed by atoms with Gasteiger partial charge in [-0.2, -0.15) is 0 Å². The average Bonchev–Trinajstić information content (AvgIpc) is 2.94. The second-order valence-electron chi connectivity index (χ2n) is 6.41. The smallest absolute Gasteiger partial charge is 0.260 e. The van der Waals surface area contributed by atoms with E-state index in [9.17, 15) is 9.59 Å². The highest BCUT2D eigenvalue weighted by molar-refractivity contribution is 5.94. The van der Waals surface area contributed by atoms with Gasteiger partial charge in [0.15, 0.2) is 0 Å². The number of nitrogens with zero attached hydrogens (tertiary/aromatic N) is 3. The van der Waals surface area contributed by atoms with Gasteiger partial charge in [-0.05, 0) is 30.7 Å². The average molecular weight is 348 g/mol. The topological polar surface area (TPSA) is 69.3 Å². The molecule has 0 radical (unpaired) electrons. The maximum absolute atomic E-state index is 12.7. The highest BCUT2D eigenvalue weighted by Gasteiger charge is 2.21. The maximum atomic E-state index is 12.7. The Kier molecular flexibility index (Phi) is 4.39. The molecule has 1 aliphatic rings. The van der Waals surface area contributed by atoms with Gasteiger partial charge in [0.1, 0.15) is 0 Å². The third kappa shape index (κ3) is 3.18. The zero-order valence-corrected chi connectivity index (χ0v) is 14.4. The van der Waals surface area contributed by atoms with Crippen LogP contribution >= 0.6 is 0 Å². The number of amides is 1. The SMILES string of the molecule is O=C(c1ccccc1)N1CCCN(c2nc3ccccc3c(=O)[nH]2)CC1. The fourth-order valence-corrected chi connectivity index (χ4v) is 3.32. The minimum atomic E-state index is -0.132. The number of fused-ring (bicyclic) bond motifs is 1. The molecule has 0 unspecified atom stereocenters. The summed E-state index contributed by atoms with van der Waals surface area (Å²) in [5, 5.41) is 0.590. The predicted molar refractivity (Wildman–Crippen MR) is 102 cm³/mol. The van der Waals surface area contributed by atoms with Gasteiger partial charge in [0.05, 0.1) is 10.9 Å². The number of hydrogen-bond acceptors (Lipinski definition) is 4. The lowest BCUT2D eigenvalue weighted by Crippen LogP contribution is -2.36. The molecule has 6 heteroatoms. The van der Waals surface area contributed by atoms with Crippen LogP contribution in [0.15, 0.2) is 59.4 Å². The van der Waals surface area contributed by atoms with Gasteiger partial charge in [-0.25, -0.2) is 4.98 Å². The van der Waals surface area contributed by atoms with Gasteiger partial charge in [0.25, 0.3) is 11.5 Å². The van der Waals surface area contributed by atoms with Crippen molar-refractivity contribution < 1.29 is 4.79 Å². The molecule has 1 aromatic heterocycles. The Morgan fingerprint density at radius 2 is 1.69 bits per heavy atom. The number of carbonyl (C=O) groups excluding carboxylic acids is 1. The number of benzene rings is 2. The summed E-state index contributed by atoms with van der Waals surface area (Å²) in [5.41, 5.74) is 1.26. The quantitative estimate of drug-likeness (QED) is 0.771. The van der Waals surface area contributed by atoms with Crippen LogP contribution in [0.2, 0.25) is 0 Å². The van der Waals surface area contributed by atoms with Crippen LogP contribution in [0, 0.1) is 0 Å². The molecule has 1 aliphatic heterocycles. The van der Waals surface area contributed by atoms with Crippen molar-refractivity contribution in [2.24, 2.45) is 0 Å². The third-order valence-corrected chi connectivity index (χ3v) is 4.70. The Morgan fingerprint density at radius 3 is 2.54 bits per heavy atom. The fraction of sp³-hybridized carbons (Fsp3) is 0.250. The number of aromatic amines is 1. The monoisotopic (exact) mass is 348 g/mol. The van der Waals surface area contributed by atoms with E-state index in [0.29, 0.717) is 42.0 Å². The largest absolute Gasteiger partial charge is 0.340 e. The van der Waals surface area contributed by atoms with E-state index in [0.717, 1.165) is 13.0 Å². The van der Waals surface area contributed by atoms with E-state index in [4.69, 9.17) is 0 Å². The molecule has 0 bridgehead atoms. The molecule has 1 saturated heterocycles. The first kappa shape index (κ1) is 16.3. The molecule has 0 atom stereocenters. The first-order valence-corrected chi connectivity index (χ1v) is 8.81. The fourth-order valence-electron chi connectivity index (χ4n) is 3.32. The summed E-state index contributed by atoms with van der Waals surface area (Å²) in [6, 6.07) is 16.7. The molecule has 2 aromatic carbocycles. The summed E-state index contributed by atoms with van der Waals surface area (Å²) < 4.78 is 0. The molecule has 1 amide bonds. The second-order valence-corrected chi connectivity index (χ2v) is 6.41. The Balaban J connectivity index is 1.54. The molecular weight excluding hydrogens is 328 g/mol. The number of H-pyrrole nitrogens is 1. The van der Waals surface area contributed by atoms with Gasteiger partial charge in [0.2, 0.25) is 5.95 Å². The Morgan fingerprint density at radius 1 is 0.923 bits per heavy atom. The van der Waals surface area contributed by atoms with Crippen molar-refractivity contribution in [3.63, 3.8) is 0 Å². The molecule has 1 N–H and O–H groups in total. The molecule has 4 rings (SSSR count). The first-order valence-electron chi connectivity index (χ1n) is 8.81. The summed E-state index contributed by atoms with van der Waals surface area (Å²) in [4.78, 5) is 36.4. The highest BCUT2D eigenvalue weighted by atomic mass is 16.2. The molecule has 0 aliphatic carbocycles. The minimum Gasteiger partial charge on any atom is -0.340 e. The molecule has 6 nitrogen and oxygen atoms in total. The zero-order chi connectivity index (χ0) is 17.9. The van der Waals surface area contributed by atoms with E-state index in [1.807, 2.05) is 58.3 Å². The summed E-state index contributed by atoms with van der Waals surface area (Å²) in [6.07, 6.45) is 0.828. The Hall–Kier alpha value is -3.15. The van der Waals surface area contributed by atoms with Crippen molar-refractivity contribution in [1.82, 2.24) is 14.9 Å². The van der Waals surface area contributed by atoms with Gasteiger partial charge in [0, 0.05) is 31.7 Å². The van der Waals surface area contributed by atoms with Crippen LogP contribution in [0.25, 0.3) is 10.9 Å². The molecule has 132 valence electrons. The van der Waals surface area contributed by atoms with Crippen LogP contribution in [0.3, 0.4) is 0 Å². The van der Waals surface area contributed by atoms with Crippen LogP contribution in [0.4, 0.5) is 5.95 Å². The number of rotatable bonds is 2. The van der Waals surface area contributed by atoms with E-state index in [1.165, 1.54) is 0 Å².